The van der Waals surface area contributed by atoms with E-state index in [1.807, 2.05) is 35.4 Å². The molecule has 1 aliphatic heterocycles. The number of H-pyrrole nitrogens is 1. The van der Waals surface area contributed by atoms with Crippen LogP contribution in [0.15, 0.2) is 52.2 Å². The Morgan fingerprint density at radius 2 is 2.16 bits per heavy atom. The second-order valence-electron chi connectivity index (χ2n) is 8.64. The molecule has 13 heteroatoms. The number of aromatic amines is 1. The molecule has 0 radical (unpaired) electrons. The van der Waals surface area contributed by atoms with Gasteiger partial charge in [-0.05, 0) is 36.4 Å². The van der Waals surface area contributed by atoms with Gasteiger partial charge in [0.2, 0.25) is 5.91 Å². The van der Waals surface area contributed by atoms with Crippen molar-refractivity contribution in [1.82, 2.24) is 29.9 Å². The van der Waals surface area contributed by atoms with Gasteiger partial charge < -0.3 is 20.9 Å². The Bertz CT molecular complexity index is 1610. The molecule has 2 atom stereocenters. The second-order valence-corrected chi connectivity index (χ2v) is 11.0. The maximum Gasteiger partial charge on any atom is 0.232 e. The summed E-state index contributed by atoms with van der Waals surface area (Å²) in [6.45, 7) is 2.88. The van der Waals surface area contributed by atoms with Gasteiger partial charge in [0.05, 0.1) is 27.4 Å². The third kappa shape index (κ3) is 4.61. The van der Waals surface area contributed by atoms with Crippen molar-refractivity contribution in [2.45, 2.75) is 29.4 Å². The largest absolute Gasteiger partial charge is 0.353 e. The van der Waals surface area contributed by atoms with Crippen LogP contribution in [0.3, 0.4) is 0 Å². The number of fused-ring (bicyclic) bond motifs is 2. The highest BCUT2D eigenvalue weighted by Crippen LogP contribution is 2.38. The molecule has 1 amide bonds. The zero-order valence-electron chi connectivity index (χ0n) is 19.7. The van der Waals surface area contributed by atoms with Crippen LogP contribution in [0.5, 0.6) is 0 Å². The van der Waals surface area contributed by atoms with Crippen molar-refractivity contribution in [3.8, 4) is 0 Å². The number of rotatable bonds is 6. The van der Waals surface area contributed by atoms with Gasteiger partial charge in [-0.2, -0.15) is 0 Å². The third-order valence-corrected chi connectivity index (χ3v) is 8.21. The predicted molar refractivity (Wildman–Crippen MR) is 146 cm³/mol. The number of carbonyl (C=O) groups excluding carboxylic acids is 1. The Balaban J connectivity index is 1.35. The normalized spacial score (nSPS) is 17.6. The first-order chi connectivity index (χ1) is 18.0. The smallest absolute Gasteiger partial charge is 0.232 e. The number of pyridine rings is 2. The zero-order valence-corrected chi connectivity index (χ0v) is 22.1. The molecule has 1 aliphatic rings. The van der Waals surface area contributed by atoms with E-state index in [0.29, 0.717) is 39.9 Å². The second kappa shape index (κ2) is 9.86. The van der Waals surface area contributed by atoms with Crippen molar-refractivity contribution < 1.29 is 4.79 Å². The average Bonchev–Trinajstić information content (AvgIpc) is 3.63. The first-order valence-electron chi connectivity index (χ1n) is 11.7. The molecule has 188 valence electrons. The summed E-state index contributed by atoms with van der Waals surface area (Å²) < 4.78 is 0. The highest BCUT2D eigenvalue weighted by Gasteiger charge is 2.37. The van der Waals surface area contributed by atoms with Gasteiger partial charge in [0, 0.05) is 53.7 Å². The Morgan fingerprint density at radius 3 is 2.97 bits per heavy atom. The predicted octanol–water partition coefficient (Wildman–Crippen LogP) is 4.13. The minimum atomic E-state index is -0.427. The molecule has 6 rings (SSSR count). The summed E-state index contributed by atoms with van der Waals surface area (Å²) in [5.41, 5.74) is 9.58. The Hall–Kier alpha value is -3.32. The molecule has 0 unspecified atom stereocenters. The number of carbonyl (C=O) groups is 1. The lowest BCUT2D eigenvalue weighted by Crippen LogP contribution is -2.37. The minimum Gasteiger partial charge on any atom is -0.353 e. The van der Waals surface area contributed by atoms with Crippen LogP contribution in [0.4, 0.5) is 10.9 Å². The summed E-state index contributed by atoms with van der Waals surface area (Å²) in [6.07, 6.45) is 5.89. The molecule has 0 saturated carbocycles. The standard InChI is InChI=1S/C24H22ClN9OS2/c1-2-15-19(25)18-20(30-15)31-24(37-12-8-17-16(29-9-12)4-3-5-27-17)32-21(18)34-10-13(14(26)11-34)22(35)33-23-28-6-7-36-23/h3-9,13-14H,2,10-11,26H2,1H3,(H,28,33,35)(H,30,31,32)/t13-,14+/m1/s1. The van der Waals surface area contributed by atoms with Crippen LogP contribution in [0.2, 0.25) is 5.02 Å². The number of anilines is 2. The van der Waals surface area contributed by atoms with Crippen LogP contribution >= 0.6 is 34.7 Å². The molecule has 0 aromatic carbocycles. The first kappa shape index (κ1) is 24.0. The summed E-state index contributed by atoms with van der Waals surface area (Å²) in [5.74, 6) is 0.0680. The number of thiazole rings is 1. The summed E-state index contributed by atoms with van der Waals surface area (Å²) >= 11 is 9.53. The fraction of sp³-hybridized carbons (Fsp3) is 0.250. The Kier molecular flexibility index (Phi) is 6.41. The van der Waals surface area contributed by atoms with E-state index in [1.165, 1.54) is 23.1 Å². The fourth-order valence-electron chi connectivity index (χ4n) is 4.45. The molecule has 5 aromatic heterocycles. The van der Waals surface area contributed by atoms with E-state index in [9.17, 15) is 4.79 Å². The van der Waals surface area contributed by atoms with Gasteiger partial charge in [-0.25, -0.2) is 15.0 Å². The number of amides is 1. The van der Waals surface area contributed by atoms with E-state index in [4.69, 9.17) is 27.3 Å². The van der Waals surface area contributed by atoms with Gasteiger partial charge >= 0.3 is 0 Å². The van der Waals surface area contributed by atoms with Gasteiger partial charge in [-0.3, -0.25) is 14.8 Å². The van der Waals surface area contributed by atoms with E-state index in [2.05, 4.69) is 25.3 Å². The number of aromatic nitrogens is 6. The molecular weight excluding hydrogens is 530 g/mol. The lowest BCUT2D eigenvalue weighted by molar-refractivity contribution is -0.119. The van der Waals surface area contributed by atoms with Crippen LogP contribution < -0.4 is 16.0 Å². The van der Waals surface area contributed by atoms with E-state index in [1.54, 1.807) is 18.6 Å². The van der Waals surface area contributed by atoms with Crippen molar-refractivity contribution in [3.05, 3.63) is 52.9 Å². The maximum absolute atomic E-state index is 13.0. The summed E-state index contributed by atoms with van der Waals surface area (Å²) in [6, 6.07) is 5.36. The van der Waals surface area contributed by atoms with Crippen LogP contribution in [0.25, 0.3) is 22.1 Å². The number of halogens is 1. The lowest BCUT2D eigenvalue weighted by atomic mass is 10.0. The first-order valence-corrected chi connectivity index (χ1v) is 13.7. The SMILES string of the molecule is CCc1[nH]c2nc(Sc3cnc4cccnc4c3)nc(N3C[C@H](N)[C@H](C(=O)Nc4nccs4)C3)c2c1Cl. The molecule has 0 aliphatic carbocycles. The summed E-state index contributed by atoms with van der Waals surface area (Å²) in [4.78, 5) is 41.9. The van der Waals surface area contributed by atoms with Crippen molar-refractivity contribution in [2.24, 2.45) is 11.7 Å². The quantitative estimate of drug-likeness (QED) is 0.266. The third-order valence-electron chi connectivity index (χ3n) is 6.28. The topological polar surface area (TPSA) is 139 Å². The maximum atomic E-state index is 13.0. The molecule has 1 fully saturated rings. The van der Waals surface area contributed by atoms with Crippen molar-refractivity contribution in [2.75, 3.05) is 23.3 Å². The van der Waals surface area contributed by atoms with Gasteiger partial charge in [0.25, 0.3) is 0 Å². The molecule has 0 bridgehead atoms. The van der Waals surface area contributed by atoms with Crippen molar-refractivity contribution in [3.63, 3.8) is 0 Å². The van der Waals surface area contributed by atoms with Crippen LogP contribution in [0.1, 0.15) is 12.6 Å². The number of nitrogens with zero attached hydrogens (tertiary/aromatic N) is 6. The summed E-state index contributed by atoms with van der Waals surface area (Å²) in [5, 5.41) is 7.08. The molecule has 10 nitrogen and oxygen atoms in total. The Morgan fingerprint density at radius 1 is 1.27 bits per heavy atom. The zero-order chi connectivity index (χ0) is 25.5. The molecule has 1 saturated heterocycles. The van der Waals surface area contributed by atoms with E-state index in [-0.39, 0.29) is 11.9 Å². The van der Waals surface area contributed by atoms with Gasteiger partial charge in [-0.1, -0.05) is 18.5 Å². The number of nitrogens with two attached hydrogens (primary N) is 1. The molecular formula is C24H22ClN9OS2. The van der Waals surface area contributed by atoms with E-state index < -0.39 is 5.92 Å². The van der Waals surface area contributed by atoms with Gasteiger partial charge in [0.15, 0.2) is 10.3 Å². The average molecular weight is 552 g/mol. The molecule has 0 spiro atoms. The number of hydrogen-bond acceptors (Lipinski definition) is 10. The summed E-state index contributed by atoms with van der Waals surface area (Å²) in [7, 11) is 0. The lowest BCUT2D eigenvalue weighted by Gasteiger charge is -2.19. The molecule has 5 aromatic rings. The number of nitrogens with one attached hydrogen (secondary N) is 2. The molecule has 4 N–H and O–H groups in total. The van der Waals surface area contributed by atoms with E-state index >= 15 is 0 Å². The van der Waals surface area contributed by atoms with Crippen LogP contribution in [-0.4, -0.2) is 54.9 Å². The Labute approximate surface area is 225 Å². The fourth-order valence-corrected chi connectivity index (χ4v) is 6.09. The van der Waals surface area contributed by atoms with Crippen LogP contribution in [0, 0.1) is 5.92 Å². The van der Waals surface area contributed by atoms with Gasteiger partial charge in [-0.15, -0.1) is 11.3 Å². The minimum absolute atomic E-state index is 0.158. The van der Waals surface area contributed by atoms with Crippen LogP contribution in [-0.2, 0) is 11.2 Å². The monoisotopic (exact) mass is 551 g/mol. The highest BCUT2D eigenvalue weighted by molar-refractivity contribution is 7.99. The number of hydrogen-bond donors (Lipinski definition) is 3. The van der Waals surface area contributed by atoms with Gasteiger partial charge in [0.1, 0.15) is 11.5 Å². The van der Waals surface area contributed by atoms with Crippen molar-refractivity contribution >= 4 is 73.6 Å². The van der Waals surface area contributed by atoms with E-state index in [0.717, 1.165) is 33.4 Å². The molecule has 37 heavy (non-hydrogen) atoms. The highest BCUT2D eigenvalue weighted by atomic mass is 35.5. The number of aryl methyl sites for hydroxylation is 1. The van der Waals surface area contributed by atoms with Crippen molar-refractivity contribution in [1.29, 1.82) is 0 Å². The molecule has 6 heterocycles.